The van der Waals surface area contributed by atoms with Crippen LogP contribution in [0.3, 0.4) is 0 Å². The van der Waals surface area contributed by atoms with Gasteiger partial charge in [-0.2, -0.15) is 0 Å². The number of likely N-dealkylation sites (N-methyl/N-ethyl adjacent to an activating group) is 2. The summed E-state index contributed by atoms with van der Waals surface area (Å²) in [4.78, 5) is 26.7. The number of amides is 2. The van der Waals surface area contributed by atoms with Gasteiger partial charge in [0.15, 0.2) is 0 Å². The predicted molar refractivity (Wildman–Crippen MR) is 82.8 cm³/mol. The number of carbonyl (C=O) groups is 2. The monoisotopic (exact) mass is 304 g/mol. The molecule has 118 valence electrons. The lowest BCUT2D eigenvalue weighted by molar-refractivity contribution is -0.137. The van der Waals surface area contributed by atoms with Crippen molar-refractivity contribution in [1.29, 1.82) is 0 Å². The zero-order chi connectivity index (χ0) is 16.3. The number of benzene rings is 1. The van der Waals surface area contributed by atoms with Crippen LogP contribution in [0.5, 0.6) is 5.75 Å². The Bertz CT molecular complexity index is 691. The highest BCUT2D eigenvalue weighted by Crippen LogP contribution is 2.26. The Labute approximate surface area is 129 Å². The quantitative estimate of drug-likeness (QED) is 0.840. The molecule has 0 aliphatic rings. The smallest absolute Gasteiger partial charge is 0.241 e. The molecule has 6 heteroatoms. The molecule has 1 aromatic heterocycles. The number of fused-ring (bicyclic) bond motifs is 1. The summed E-state index contributed by atoms with van der Waals surface area (Å²) < 4.78 is 10.6. The van der Waals surface area contributed by atoms with Crippen LogP contribution in [0.25, 0.3) is 11.0 Å². The first-order valence-corrected chi connectivity index (χ1v) is 6.90. The number of carbonyl (C=O) groups excluding carboxylic acids is 2. The van der Waals surface area contributed by atoms with Crippen LogP contribution in [-0.4, -0.2) is 56.4 Å². The number of methoxy groups -OCH3 is 1. The van der Waals surface area contributed by atoms with Crippen molar-refractivity contribution >= 4 is 22.8 Å². The van der Waals surface area contributed by atoms with E-state index in [9.17, 15) is 9.59 Å². The summed E-state index contributed by atoms with van der Waals surface area (Å²) in [6.45, 7) is 0.0649. The van der Waals surface area contributed by atoms with E-state index in [0.717, 1.165) is 10.9 Å². The highest BCUT2D eigenvalue weighted by molar-refractivity contribution is 5.90. The van der Waals surface area contributed by atoms with Gasteiger partial charge < -0.3 is 19.0 Å². The van der Waals surface area contributed by atoms with E-state index in [1.54, 1.807) is 40.6 Å². The summed E-state index contributed by atoms with van der Waals surface area (Å²) in [5, 5.41) is 0.876. The van der Waals surface area contributed by atoms with Gasteiger partial charge in [-0.05, 0) is 12.1 Å². The van der Waals surface area contributed by atoms with Crippen molar-refractivity contribution in [3.63, 3.8) is 0 Å². The Kier molecular flexibility index (Phi) is 4.70. The number of rotatable bonds is 5. The summed E-state index contributed by atoms with van der Waals surface area (Å²) in [7, 11) is 6.54. The third-order valence-corrected chi connectivity index (χ3v) is 3.50. The van der Waals surface area contributed by atoms with Gasteiger partial charge in [0.25, 0.3) is 0 Å². The molecule has 0 saturated carbocycles. The van der Waals surface area contributed by atoms with Crippen LogP contribution in [0, 0.1) is 0 Å². The number of hydrogen-bond acceptors (Lipinski definition) is 4. The molecule has 1 aromatic carbocycles. The van der Waals surface area contributed by atoms with E-state index < -0.39 is 0 Å². The minimum absolute atomic E-state index is 0.0649. The molecule has 0 bridgehead atoms. The lowest BCUT2D eigenvalue weighted by Crippen LogP contribution is -2.38. The molecule has 0 unspecified atom stereocenters. The SMILES string of the molecule is COc1ccc2c(CC(=O)N(C)CC(=O)N(C)C)coc2c1. The van der Waals surface area contributed by atoms with E-state index >= 15 is 0 Å². The van der Waals surface area contributed by atoms with Crippen LogP contribution in [0.2, 0.25) is 0 Å². The van der Waals surface area contributed by atoms with Crippen molar-refractivity contribution in [2.75, 3.05) is 34.8 Å². The molecule has 2 rings (SSSR count). The fraction of sp³-hybridized carbons (Fsp3) is 0.375. The highest BCUT2D eigenvalue weighted by atomic mass is 16.5. The molecule has 6 nitrogen and oxygen atoms in total. The van der Waals surface area contributed by atoms with Crippen LogP contribution in [0.4, 0.5) is 0 Å². The Hall–Kier alpha value is -2.50. The molecule has 0 aliphatic carbocycles. The van der Waals surface area contributed by atoms with Gasteiger partial charge in [-0.3, -0.25) is 9.59 Å². The molecule has 0 atom stereocenters. The van der Waals surface area contributed by atoms with E-state index in [4.69, 9.17) is 9.15 Å². The average Bonchev–Trinajstić information content (AvgIpc) is 2.89. The van der Waals surface area contributed by atoms with Gasteiger partial charge in [-0.1, -0.05) is 0 Å². The van der Waals surface area contributed by atoms with Crippen LogP contribution in [0.1, 0.15) is 5.56 Å². The number of nitrogens with zero attached hydrogens (tertiary/aromatic N) is 2. The lowest BCUT2D eigenvalue weighted by Gasteiger charge is -2.19. The summed E-state index contributed by atoms with van der Waals surface area (Å²) in [6.07, 6.45) is 1.76. The van der Waals surface area contributed by atoms with Crippen molar-refractivity contribution in [3.8, 4) is 5.75 Å². The van der Waals surface area contributed by atoms with Crippen molar-refractivity contribution in [1.82, 2.24) is 9.80 Å². The summed E-state index contributed by atoms with van der Waals surface area (Å²) >= 11 is 0. The zero-order valence-corrected chi connectivity index (χ0v) is 13.3. The highest BCUT2D eigenvalue weighted by Gasteiger charge is 2.17. The topological polar surface area (TPSA) is 63.0 Å². The van der Waals surface area contributed by atoms with Gasteiger partial charge in [-0.15, -0.1) is 0 Å². The van der Waals surface area contributed by atoms with E-state index in [1.807, 2.05) is 12.1 Å². The molecule has 2 amide bonds. The normalized spacial score (nSPS) is 10.5. The van der Waals surface area contributed by atoms with E-state index in [0.29, 0.717) is 11.3 Å². The molecular formula is C16H20N2O4. The average molecular weight is 304 g/mol. The third-order valence-electron chi connectivity index (χ3n) is 3.50. The second kappa shape index (κ2) is 6.51. The maximum atomic E-state index is 12.2. The first-order chi connectivity index (χ1) is 10.4. The fourth-order valence-electron chi connectivity index (χ4n) is 2.06. The zero-order valence-electron chi connectivity index (χ0n) is 13.3. The second-order valence-electron chi connectivity index (χ2n) is 5.34. The Morgan fingerprint density at radius 3 is 2.55 bits per heavy atom. The van der Waals surface area contributed by atoms with Crippen LogP contribution in [0.15, 0.2) is 28.9 Å². The standard InChI is InChI=1S/C16H20N2O4/c1-17(2)16(20)9-18(3)15(19)7-11-10-22-14-8-12(21-4)5-6-13(11)14/h5-6,8,10H,7,9H2,1-4H3. The van der Waals surface area contributed by atoms with Gasteiger partial charge in [0.2, 0.25) is 11.8 Å². The summed E-state index contributed by atoms with van der Waals surface area (Å²) in [5.74, 6) is 0.458. The Morgan fingerprint density at radius 1 is 1.18 bits per heavy atom. The van der Waals surface area contributed by atoms with Crippen LogP contribution >= 0.6 is 0 Å². The predicted octanol–water partition coefficient (Wildman–Crippen LogP) is 1.53. The number of furan rings is 1. The minimum Gasteiger partial charge on any atom is -0.497 e. The molecule has 1 heterocycles. The molecule has 0 N–H and O–H groups in total. The van der Waals surface area contributed by atoms with Crippen molar-refractivity contribution in [2.45, 2.75) is 6.42 Å². The number of hydrogen-bond donors (Lipinski definition) is 0. The van der Waals surface area contributed by atoms with Crippen LogP contribution < -0.4 is 4.74 Å². The maximum Gasteiger partial charge on any atom is 0.241 e. The molecule has 0 aliphatic heterocycles. The largest absolute Gasteiger partial charge is 0.497 e. The lowest BCUT2D eigenvalue weighted by atomic mass is 10.1. The minimum atomic E-state index is -0.131. The van der Waals surface area contributed by atoms with Crippen molar-refractivity contribution < 1.29 is 18.7 Å². The van der Waals surface area contributed by atoms with Gasteiger partial charge in [0.05, 0.1) is 26.3 Å². The molecule has 0 fully saturated rings. The molecule has 2 aromatic rings. The second-order valence-corrected chi connectivity index (χ2v) is 5.34. The van der Waals surface area contributed by atoms with Gasteiger partial charge >= 0.3 is 0 Å². The Balaban J connectivity index is 2.10. The van der Waals surface area contributed by atoms with E-state index in [1.165, 1.54) is 9.80 Å². The molecule has 0 saturated heterocycles. The fourth-order valence-corrected chi connectivity index (χ4v) is 2.06. The van der Waals surface area contributed by atoms with Crippen molar-refractivity contribution in [3.05, 3.63) is 30.0 Å². The first kappa shape index (κ1) is 15.9. The summed E-state index contributed by atoms with van der Waals surface area (Å²) in [5.41, 5.74) is 1.47. The molecular weight excluding hydrogens is 284 g/mol. The third kappa shape index (κ3) is 3.39. The molecule has 22 heavy (non-hydrogen) atoms. The number of ether oxygens (including phenoxy) is 1. The molecule has 0 spiro atoms. The van der Waals surface area contributed by atoms with Gasteiger partial charge in [-0.25, -0.2) is 0 Å². The van der Waals surface area contributed by atoms with Gasteiger partial charge in [0, 0.05) is 38.2 Å². The maximum absolute atomic E-state index is 12.2. The van der Waals surface area contributed by atoms with E-state index in [-0.39, 0.29) is 24.8 Å². The van der Waals surface area contributed by atoms with Crippen molar-refractivity contribution in [2.24, 2.45) is 0 Å². The van der Waals surface area contributed by atoms with Gasteiger partial charge in [0.1, 0.15) is 11.3 Å². The van der Waals surface area contributed by atoms with Crippen LogP contribution in [-0.2, 0) is 16.0 Å². The van der Waals surface area contributed by atoms with E-state index in [2.05, 4.69) is 0 Å². The Morgan fingerprint density at radius 2 is 1.91 bits per heavy atom. The molecule has 0 radical (unpaired) electrons. The first-order valence-electron chi connectivity index (χ1n) is 6.90. The summed E-state index contributed by atoms with van der Waals surface area (Å²) in [6, 6.07) is 5.47.